The lowest BCUT2D eigenvalue weighted by Crippen LogP contribution is -2.34. The van der Waals surface area contributed by atoms with Gasteiger partial charge in [-0.3, -0.25) is 4.79 Å². The summed E-state index contributed by atoms with van der Waals surface area (Å²) in [6.07, 6.45) is 1.69. The van der Waals surface area contributed by atoms with Gasteiger partial charge in [-0.15, -0.1) is 0 Å². The second kappa shape index (κ2) is 10.0. The van der Waals surface area contributed by atoms with Gasteiger partial charge in [0, 0.05) is 37.9 Å². The van der Waals surface area contributed by atoms with Gasteiger partial charge in [0.05, 0.1) is 18.4 Å². The molecule has 3 rings (SSSR count). The third-order valence-corrected chi connectivity index (χ3v) is 4.70. The number of nitrogens with one attached hydrogen (secondary N) is 1. The zero-order valence-electron chi connectivity index (χ0n) is 17.1. The van der Waals surface area contributed by atoms with Crippen LogP contribution in [0.5, 0.6) is 0 Å². The molecule has 3 aromatic rings. The van der Waals surface area contributed by atoms with Crippen molar-refractivity contribution >= 4 is 5.91 Å². The summed E-state index contributed by atoms with van der Waals surface area (Å²) in [4.78, 5) is 19.2. The van der Waals surface area contributed by atoms with E-state index in [2.05, 4.69) is 15.2 Å². The average Bonchev–Trinajstić information content (AvgIpc) is 3.23. The number of rotatable bonds is 9. The number of carbonyl (C=O) groups excluding carboxylic acids is 1. The molecule has 0 bridgehead atoms. The normalized spacial score (nSPS) is 11.0. The lowest BCUT2D eigenvalue weighted by atomic mass is 10.1. The Morgan fingerprint density at radius 3 is 2.66 bits per heavy atom. The SMILES string of the molecule is COCCN(C)CCNC(=O)c1ccccc1-c1ncc(-c2ccc(C)cc2)o1. The van der Waals surface area contributed by atoms with E-state index >= 15 is 0 Å². The number of likely N-dealkylation sites (N-methyl/N-ethyl adjacent to an activating group) is 1. The first-order valence-electron chi connectivity index (χ1n) is 9.66. The van der Waals surface area contributed by atoms with E-state index in [0.29, 0.717) is 35.9 Å². The van der Waals surface area contributed by atoms with Crippen LogP contribution < -0.4 is 5.32 Å². The van der Waals surface area contributed by atoms with Crippen molar-refractivity contribution in [1.29, 1.82) is 0 Å². The van der Waals surface area contributed by atoms with Crippen LogP contribution >= 0.6 is 0 Å². The first kappa shape index (κ1) is 20.8. The molecule has 1 N–H and O–H groups in total. The summed E-state index contributed by atoms with van der Waals surface area (Å²) in [5, 5.41) is 2.97. The largest absolute Gasteiger partial charge is 0.436 e. The molecule has 6 heteroatoms. The summed E-state index contributed by atoms with van der Waals surface area (Å²) in [5.41, 5.74) is 3.36. The summed E-state index contributed by atoms with van der Waals surface area (Å²) < 4.78 is 11.0. The molecule has 1 heterocycles. The molecular weight excluding hydrogens is 366 g/mol. The molecule has 6 nitrogen and oxygen atoms in total. The van der Waals surface area contributed by atoms with Gasteiger partial charge in [-0.2, -0.15) is 0 Å². The summed E-state index contributed by atoms with van der Waals surface area (Å²) in [6.45, 7) is 4.82. The smallest absolute Gasteiger partial charge is 0.252 e. The van der Waals surface area contributed by atoms with Gasteiger partial charge in [0.25, 0.3) is 5.91 Å². The Morgan fingerprint density at radius 2 is 1.90 bits per heavy atom. The minimum Gasteiger partial charge on any atom is -0.436 e. The van der Waals surface area contributed by atoms with Crippen molar-refractivity contribution in [3.05, 3.63) is 65.9 Å². The Balaban J connectivity index is 1.70. The highest BCUT2D eigenvalue weighted by Crippen LogP contribution is 2.28. The van der Waals surface area contributed by atoms with E-state index in [-0.39, 0.29) is 5.91 Å². The molecule has 0 spiro atoms. The summed E-state index contributed by atoms with van der Waals surface area (Å²) in [5.74, 6) is 0.967. The third-order valence-electron chi connectivity index (χ3n) is 4.70. The van der Waals surface area contributed by atoms with Gasteiger partial charge in [-0.25, -0.2) is 4.98 Å². The minimum absolute atomic E-state index is 0.143. The van der Waals surface area contributed by atoms with Crippen molar-refractivity contribution in [1.82, 2.24) is 15.2 Å². The number of aromatic nitrogens is 1. The number of benzene rings is 2. The highest BCUT2D eigenvalue weighted by Gasteiger charge is 2.16. The molecule has 0 saturated carbocycles. The summed E-state index contributed by atoms with van der Waals surface area (Å²) in [7, 11) is 3.68. The average molecular weight is 393 g/mol. The summed E-state index contributed by atoms with van der Waals surface area (Å²) >= 11 is 0. The molecule has 0 aliphatic carbocycles. The van der Waals surface area contributed by atoms with Crippen molar-refractivity contribution in [3.63, 3.8) is 0 Å². The number of amides is 1. The zero-order chi connectivity index (χ0) is 20.6. The Hall–Kier alpha value is -2.96. The van der Waals surface area contributed by atoms with E-state index in [4.69, 9.17) is 9.15 Å². The summed E-state index contributed by atoms with van der Waals surface area (Å²) in [6, 6.07) is 15.4. The first-order valence-corrected chi connectivity index (χ1v) is 9.66. The fourth-order valence-electron chi connectivity index (χ4n) is 2.93. The van der Waals surface area contributed by atoms with Crippen LogP contribution in [0.15, 0.2) is 59.1 Å². The highest BCUT2D eigenvalue weighted by molar-refractivity contribution is 6.00. The molecule has 0 saturated heterocycles. The third kappa shape index (κ3) is 5.53. The minimum atomic E-state index is -0.143. The van der Waals surface area contributed by atoms with Crippen LogP contribution in [0.25, 0.3) is 22.8 Å². The topological polar surface area (TPSA) is 67.6 Å². The molecule has 0 radical (unpaired) electrons. The molecule has 0 aliphatic rings. The van der Waals surface area contributed by atoms with Gasteiger partial charge in [0.1, 0.15) is 0 Å². The lowest BCUT2D eigenvalue weighted by Gasteiger charge is -2.16. The van der Waals surface area contributed by atoms with E-state index in [1.165, 1.54) is 5.56 Å². The number of carbonyl (C=O) groups is 1. The number of oxazole rings is 1. The van der Waals surface area contributed by atoms with E-state index in [1.54, 1.807) is 19.4 Å². The molecule has 152 valence electrons. The van der Waals surface area contributed by atoms with Crippen molar-refractivity contribution in [2.75, 3.05) is 40.4 Å². The maximum atomic E-state index is 12.7. The Bertz CT molecular complexity index is 935. The Morgan fingerprint density at radius 1 is 1.14 bits per heavy atom. The van der Waals surface area contributed by atoms with Crippen molar-refractivity contribution < 1.29 is 13.9 Å². The molecule has 0 fully saturated rings. The second-order valence-corrected chi connectivity index (χ2v) is 6.99. The number of hydrogen-bond donors (Lipinski definition) is 1. The zero-order valence-corrected chi connectivity index (χ0v) is 17.1. The molecular formula is C23H27N3O3. The Kier molecular flexibility index (Phi) is 7.16. The fourth-order valence-corrected chi connectivity index (χ4v) is 2.93. The predicted molar refractivity (Wildman–Crippen MR) is 114 cm³/mol. The number of methoxy groups -OCH3 is 1. The van der Waals surface area contributed by atoms with E-state index in [1.807, 2.05) is 56.4 Å². The Labute approximate surface area is 171 Å². The molecule has 0 unspecified atom stereocenters. The van der Waals surface area contributed by atoms with Gasteiger partial charge in [0.15, 0.2) is 5.76 Å². The number of nitrogens with zero attached hydrogens (tertiary/aromatic N) is 2. The maximum Gasteiger partial charge on any atom is 0.252 e. The standard InChI is InChI=1S/C23H27N3O3/c1-17-8-10-18(11-9-17)21-16-25-23(29-21)20-7-5-4-6-19(20)22(27)24-12-13-26(2)14-15-28-3/h4-11,16H,12-15H2,1-3H3,(H,24,27). The molecule has 0 aliphatic heterocycles. The van der Waals surface area contributed by atoms with Crippen LogP contribution in [-0.2, 0) is 4.74 Å². The van der Waals surface area contributed by atoms with Gasteiger partial charge in [-0.05, 0) is 26.1 Å². The maximum absolute atomic E-state index is 12.7. The molecule has 1 aromatic heterocycles. The van der Waals surface area contributed by atoms with Gasteiger partial charge < -0.3 is 19.4 Å². The molecule has 1 amide bonds. The van der Waals surface area contributed by atoms with Crippen LogP contribution in [0.4, 0.5) is 0 Å². The highest BCUT2D eigenvalue weighted by atomic mass is 16.5. The monoisotopic (exact) mass is 393 g/mol. The fraction of sp³-hybridized carbons (Fsp3) is 0.304. The van der Waals surface area contributed by atoms with Crippen LogP contribution in [-0.4, -0.2) is 56.2 Å². The number of aryl methyl sites for hydroxylation is 1. The molecule has 29 heavy (non-hydrogen) atoms. The number of hydrogen-bond acceptors (Lipinski definition) is 5. The van der Waals surface area contributed by atoms with Gasteiger partial charge in [-0.1, -0.05) is 42.0 Å². The quantitative estimate of drug-likeness (QED) is 0.601. The molecule has 2 aromatic carbocycles. The van der Waals surface area contributed by atoms with Crippen LogP contribution in [0.3, 0.4) is 0 Å². The first-order chi connectivity index (χ1) is 14.1. The van der Waals surface area contributed by atoms with Gasteiger partial charge >= 0.3 is 0 Å². The van der Waals surface area contributed by atoms with Crippen LogP contribution in [0.1, 0.15) is 15.9 Å². The van der Waals surface area contributed by atoms with Crippen LogP contribution in [0, 0.1) is 6.92 Å². The van der Waals surface area contributed by atoms with E-state index < -0.39 is 0 Å². The number of ether oxygens (including phenoxy) is 1. The van der Waals surface area contributed by atoms with Gasteiger partial charge in [0.2, 0.25) is 5.89 Å². The lowest BCUT2D eigenvalue weighted by molar-refractivity contribution is 0.0948. The molecule has 0 atom stereocenters. The van der Waals surface area contributed by atoms with E-state index in [9.17, 15) is 4.79 Å². The van der Waals surface area contributed by atoms with Crippen molar-refractivity contribution in [2.24, 2.45) is 0 Å². The second-order valence-electron chi connectivity index (χ2n) is 6.99. The van der Waals surface area contributed by atoms with E-state index in [0.717, 1.165) is 18.7 Å². The predicted octanol–water partition coefficient (Wildman–Crippen LogP) is 3.63. The van der Waals surface area contributed by atoms with Crippen LogP contribution in [0.2, 0.25) is 0 Å². The van der Waals surface area contributed by atoms with Crippen molar-refractivity contribution in [3.8, 4) is 22.8 Å². The van der Waals surface area contributed by atoms with Crippen molar-refractivity contribution in [2.45, 2.75) is 6.92 Å².